The van der Waals surface area contributed by atoms with Gasteiger partial charge in [-0.3, -0.25) is 9.69 Å². The van der Waals surface area contributed by atoms with Crippen molar-refractivity contribution in [3.05, 3.63) is 0 Å². The van der Waals surface area contributed by atoms with E-state index in [4.69, 9.17) is 24.5 Å². The summed E-state index contributed by atoms with van der Waals surface area (Å²) in [6.45, 7) is 11.3. The number of fused-ring (bicyclic) bond motifs is 1. The van der Waals surface area contributed by atoms with E-state index in [0.717, 1.165) is 51.4 Å². The molecule has 0 radical (unpaired) electrons. The van der Waals surface area contributed by atoms with E-state index < -0.39 is 24.3 Å². The molecule has 0 aromatic rings. The lowest BCUT2D eigenvalue weighted by atomic mass is 9.91. The molecular weight excluding hydrogens is 540 g/mol. The smallest absolute Gasteiger partial charge is 0.475 e. The zero-order valence-electron chi connectivity index (χ0n) is 21.8. The molecule has 0 spiro atoms. The molecule has 0 aliphatic carbocycles. The number of hydrogen-bond acceptors (Lipinski definition) is 6. The topological polar surface area (TPSA) is 111 Å². The van der Waals surface area contributed by atoms with Crippen molar-refractivity contribution in [3.63, 3.8) is 0 Å². The van der Waals surface area contributed by atoms with Gasteiger partial charge in [-0.05, 0) is 70.0 Å². The van der Waals surface area contributed by atoms with Crippen molar-refractivity contribution in [3.8, 4) is 0 Å². The quantitative estimate of drug-likeness (QED) is 0.491. The minimum atomic E-state index is -5.08. The molecule has 226 valence electrons. The third kappa shape index (κ3) is 11.1. The van der Waals surface area contributed by atoms with Crippen LogP contribution in [0.5, 0.6) is 0 Å². The van der Waals surface area contributed by atoms with Gasteiger partial charge in [-0.15, -0.1) is 0 Å². The average Bonchev–Trinajstić information content (AvgIpc) is 3.52. The molecule has 0 saturated carbocycles. The van der Waals surface area contributed by atoms with Crippen LogP contribution in [0.1, 0.15) is 45.4 Å². The van der Waals surface area contributed by atoms with Crippen molar-refractivity contribution in [2.45, 2.75) is 70.0 Å². The second-order valence-electron chi connectivity index (χ2n) is 10.4. The van der Waals surface area contributed by atoms with E-state index in [9.17, 15) is 31.1 Å². The van der Waals surface area contributed by atoms with Crippen LogP contribution < -0.4 is 0 Å². The van der Waals surface area contributed by atoms with Crippen molar-refractivity contribution >= 4 is 17.8 Å². The summed E-state index contributed by atoms with van der Waals surface area (Å²) in [6, 6.07) is 0. The van der Waals surface area contributed by atoms with Crippen LogP contribution in [0.2, 0.25) is 0 Å². The van der Waals surface area contributed by atoms with E-state index in [2.05, 4.69) is 21.6 Å². The molecule has 4 heterocycles. The SMILES string of the molecule is CC1CCN(C(=O)[C@H]2C[C@@H]3CCN(CCN4CCCC4)C[C@H]3O2)CC1.O=C(O)C(F)(F)F.O=C(O)C(F)(F)F. The molecule has 3 atom stereocenters. The van der Waals surface area contributed by atoms with Crippen molar-refractivity contribution in [2.75, 3.05) is 52.4 Å². The van der Waals surface area contributed by atoms with Gasteiger partial charge in [0.2, 0.25) is 0 Å². The van der Waals surface area contributed by atoms with E-state index in [1.807, 2.05) is 0 Å². The van der Waals surface area contributed by atoms with E-state index in [1.165, 1.54) is 45.4 Å². The molecule has 4 rings (SSSR count). The minimum absolute atomic E-state index is 0.165. The van der Waals surface area contributed by atoms with Gasteiger partial charge in [-0.25, -0.2) is 9.59 Å². The molecule has 0 aromatic carbocycles. The number of ether oxygens (including phenoxy) is 1. The predicted molar refractivity (Wildman–Crippen MR) is 126 cm³/mol. The minimum Gasteiger partial charge on any atom is -0.475 e. The Hall–Kier alpha value is -2.13. The van der Waals surface area contributed by atoms with Crippen LogP contribution in [0.25, 0.3) is 0 Å². The second-order valence-corrected chi connectivity index (χ2v) is 10.4. The number of alkyl halides is 6. The fraction of sp³-hybridized carbons (Fsp3) is 0.875. The van der Waals surface area contributed by atoms with E-state index in [1.54, 1.807) is 0 Å². The maximum Gasteiger partial charge on any atom is 0.490 e. The summed E-state index contributed by atoms with van der Waals surface area (Å²) in [6.07, 6.45) is -2.86. The number of piperidine rings is 2. The van der Waals surface area contributed by atoms with Crippen molar-refractivity contribution in [1.29, 1.82) is 0 Å². The van der Waals surface area contributed by atoms with Gasteiger partial charge in [-0.1, -0.05) is 6.92 Å². The monoisotopic (exact) mass is 577 g/mol. The molecule has 4 saturated heterocycles. The zero-order valence-corrected chi connectivity index (χ0v) is 21.8. The number of halogens is 6. The molecule has 0 aromatic heterocycles. The number of likely N-dealkylation sites (tertiary alicyclic amines) is 3. The van der Waals surface area contributed by atoms with Crippen molar-refractivity contribution in [2.24, 2.45) is 11.8 Å². The Bertz CT molecular complexity index is 789. The molecule has 1 amide bonds. The number of carboxylic acids is 2. The molecule has 0 unspecified atom stereocenters. The predicted octanol–water partition coefficient (Wildman–Crippen LogP) is 3.09. The van der Waals surface area contributed by atoms with Crippen LogP contribution in [0.4, 0.5) is 26.3 Å². The highest BCUT2D eigenvalue weighted by Gasteiger charge is 2.43. The first-order valence-electron chi connectivity index (χ1n) is 13.1. The van der Waals surface area contributed by atoms with Gasteiger partial charge in [0, 0.05) is 32.7 Å². The zero-order chi connectivity index (χ0) is 29.4. The summed E-state index contributed by atoms with van der Waals surface area (Å²) in [7, 11) is 0. The lowest BCUT2D eigenvalue weighted by Crippen LogP contribution is -2.45. The Balaban J connectivity index is 0.000000317. The first-order valence-corrected chi connectivity index (χ1v) is 13.1. The lowest BCUT2D eigenvalue weighted by molar-refractivity contribution is -0.193. The maximum atomic E-state index is 12.8. The summed E-state index contributed by atoms with van der Waals surface area (Å²) < 4.78 is 69.7. The third-order valence-corrected chi connectivity index (χ3v) is 7.42. The summed E-state index contributed by atoms with van der Waals surface area (Å²) >= 11 is 0. The fourth-order valence-corrected chi connectivity index (χ4v) is 5.08. The van der Waals surface area contributed by atoms with Gasteiger partial charge in [0.25, 0.3) is 5.91 Å². The molecule has 2 N–H and O–H groups in total. The summed E-state index contributed by atoms with van der Waals surface area (Å²) in [5, 5.41) is 14.2. The molecule has 4 aliphatic heterocycles. The highest BCUT2D eigenvalue weighted by Crippen LogP contribution is 2.34. The van der Waals surface area contributed by atoms with Gasteiger partial charge in [0.05, 0.1) is 6.10 Å². The van der Waals surface area contributed by atoms with E-state index in [0.29, 0.717) is 5.92 Å². The number of carboxylic acid groups (broad SMARTS) is 2. The number of carbonyl (C=O) groups excluding carboxylic acids is 1. The van der Waals surface area contributed by atoms with Gasteiger partial charge >= 0.3 is 24.3 Å². The van der Waals surface area contributed by atoms with Crippen LogP contribution in [0, 0.1) is 11.8 Å². The van der Waals surface area contributed by atoms with Crippen LogP contribution >= 0.6 is 0 Å². The van der Waals surface area contributed by atoms with Gasteiger partial charge in [0.15, 0.2) is 0 Å². The first-order chi connectivity index (χ1) is 18.1. The van der Waals surface area contributed by atoms with Crippen LogP contribution in [-0.4, -0.2) is 120 Å². The van der Waals surface area contributed by atoms with E-state index >= 15 is 0 Å². The van der Waals surface area contributed by atoms with Crippen LogP contribution in [-0.2, 0) is 19.1 Å². The Labute approximate surface area is 223 Å². The number of aliphatic carboxylic acids is 2. The molecule has 9 nitrogen and oxygen atoms in total. The number of rotatable bonds is 4. The molecule has 4 fully saturated rings. The highest BCUT2D eigenvalue weighted by molar-refractivity contribution is 5.81. The Kier molecular flexibility index (Phi) is 12.3. The molecule has 4 aliphatic rings. The molecule has 15 heteroatoms. The number of amides is 1. The standard InChI is InChI=1S/C20H35N3O2.2C2HF3O2/c1-16-4-10-23(11-5-16)20(24)18-14-17-6-9-22(15-19(17)25-18)13-12-21-7-2-3-8-21;2*3-2(4,5)1(6)7/h16-19H,2-15H2,1H3;2*(H,6,7)/t17-,18+,19+;;/m0../s1. The summed E-state index contributed by atoms with van der Waals surface area (Å²) in [5.74, 6) is -3.88. The van der Waals surface area contributed by atoms with Crippen molar-refractivity contribution < 1.29 is 55.7 Å². The number of carbonyl (C=O) groups is 3. The van der Waals surface area contributed by atoms with Crippen molar-refractivity contribution in [1.82, 2.24) is 14.7 Å². The van der Waals surface area contributed by atoms with Crippen LogP contribution in [0.3, 0.4) is 0 Å². The summed E-state index contributed by atoms with van der Waals surface area (Å²) in [4.78, 5) is 37.8. The molecule has 0 bridgehead atoms. The molecule has 39 heavy (non-hydrogen) atoms. The Morgan fingerprint density at radius 3 is 1.77 bits per heavy atom. The first kappa shape index (κ1) is 33.1. The Morgan fingerprint density at radius 2 is 1.28 bits per heavy atom. The second kappa shape index (κ2) is 14.5. The van der Waals surface area contributed by atoms with E-state index in [-0.39, 0.29) is 18.1 Å². The Morgan fingerprint density at radius 1 is 0.795 bits per heavy atom. The number of hydrogen-bond donors (Lipinski definition) is 2. The molecular formula is C24H37F6N3O6. The van der Waals surface area contributed by atoms with Gasteiger partial charge in [-0.2, -0.15) is 26.3 Å². The fourth-order valence-electron chi connectivity index (χ4n) is 5.08. The number of nitrogens with zero attached hydrogens (tertiary/aromatic N) is 3. The van der Waals surface area contributed by atoms with Gasteiger partial charge in [0.1, 0.15) is 6.10 Å². The normalized spacial score (nSPS) is 26.6. The maximum absolute atomic E-state index is 12.8. The average molecular weight is 578 g/mol. The van der Waals surface area contributed by atoms with Crippen LogP contribution in [0.15, 0.2) is 0 Å². The lowest BCUT2D eigenvalue weighted by Gasteiger charge is -2.35. The van der Waals surface area contributed by atoms with Gasteiger partial charge < -0.3 is 24.7 Å². The summed E-state index contributed by atoms with van der Waals surface area (Å²) in [5.41, 5.74) is 0. The highest BCUT2D eigenvalue weighted by atomic mass is 19.4. The third-order valence-electron chi connectivity index (χ3n) is 7.42. The largest absolute Gasteiger partial charge is 0.490 e.